The minimum Gasteiger partial charge on any atom is -0.324 e. The number of fused-ring (bicyclic) bond motifs is 1. The van der Waals surface area contributed by atoms with Crippen molar-refractivity contribution in [2.24, 2.45) is 5.10 Å². The summed E-state index contributed by atoms with van der Waals surface area (Å²) in [6.45, 7) is 0.553. The highest BCUT2D eigenvalue weighted by atomic mass is 16.2. The van der Waals surface area contributed by atoms with E-state index in [2.05, 4.69) is 15.4 Å². The number of benzene rings is 2. The van der Waals surface area contributed by atoms with Crippen LogP contribution in [0.1, 0.15) is 24.8 Å². The fraction of sp³-hybridized carbons (Fsp3) is 0.182. The van der Waals surface area contributed by atoms with Gasteiger partial charge in [0.25, 0.3) is 0 Å². The molecule has 140 valence electrons. The average Bonchev–Trinajstić information content (AvgIpc) is 3.23. The van der Waals surface area contributed by atoms with Gasteiger partial charge in [-0.3, -0.25) is 14.6 Å². The molecule has 1 N–H and O–H groups in total. The standard InChI is InChI=1S/C22H20N4O2/c27-20(24-19-10-4-8-17-9-5-14-23-22(17)19)11-12-21(28)26-15-13-18(25-26)16-6-2-1-3-7-16/h1-10,14H,11-13,15H2,(H,24,27). The Morgan fingerprint density at radius 1 is 0.964 bits per heavy atom. The van der Waals surface area contributed by atoms with Crippen molar-refractivity contribution >= 4 is 34.1 Å². The van der Waals surface area contributed by atoms with Crippen LogP contribution >= 0.6 is 0 Å². The maximum absolute atomic E-state index is 12.4. The van der Waals surface area contributed by atoms with Gasteiger partial charge in [0.2, 0.25) is 11.8 Å². The van der Waals surface area contributed by atoms with Gasteiger partial charge in [-0.1, -0.05) is 48.5 Å². The van der Waals surface area contributed by atoms with Gasteiger partial charge >= 0.3 is 0 Å². The average molecular weight is 372 g/mol. The highest BCUT2D eigenvalue weighted by Gasteiger charge is 2.22. The number of hydrogen-bond donors (Lipinski definition) is 1. The maximum atomic E-state index is 12.4. The topological polar surface area (TPSA) is 74.7 Å². The van der Waals surface area contributed by atoms with Crippen molar-refractivity contribution in [3.8, 4) is 0 Å². The summed E-state index contributed by atoms with van der Waals surface area (Å²) in [6, 6.07) is 19.2. The van der Waals surface area contributed by atoms with Gasteiger partial charge in [0, 0.05) is 30.8 Å². The molecule has 2 amide bonds. The third kappa shape index (κ3) is 3.91. The summed E-state index contributed by atoms with van der Waals surface area (Å²) in [5.74, 6) is -0.352. The molecule has 0 fully saturated rings. The van der Waals surface area contributed by atoms with Crippen molar-refractivity contribution < 1.29 is 9.59 Å². The second-order valence-electron chi connectivity index (χ2n) is 6.61. The van der Waals surface area contributed by atoms with E-state index in [4.69, 9.17) is 0 Å². The van der Waals surface area contributed by atoms with E-state index < -0.39 is 0 Å². The van der Waals surface area contributed by atoms with Gasteiger partial charge in [-0.15, -0.1) is 0 Å². The van der Waals surface area contributed by atoms with Crippen LogP contribution in [0.15, 0.2) is 72.0 Å². The lowest BCUT2D eigenvalue weighted by Gasteiger charge is -2.11. The molecule has 1 aliphatic rings. The molecule has 0 unspecified atom stereocenters. The molecule has 2 aromatic carbocycles. The van der Waals surface area contributed by atoms with Crippen LogP contribution in [0.4, 0.5) is 5.69 Å². The highest BCUT2D eigenvalue weighted by molar-refractivity contribution is 6.03. The number of nitrogens with zero attached hydrogens (tertiary/aromatic N) is 3. The number of rotatable bonds is 5. The highest BCUT2D eigenvalue weighted by Crippen LogP contribution is 2.21. The van der Waals surface area contributed by atoms with Crippen LogP contribution in [0.25, 0.3) is 10.9 Å². The largest absolute Gasteiger partial charge is 0.324 e. The third-order valence-electron chi connectivity index (χ3n) is 4.67. The van der Waals surface area contributed by atoms with Crippen molar-refractivity contribution in [3.05, 3.63) is 72.4 Å². The predicted octanol–water partition coefficient (Wildman–Crippen LogP) is 3.59. The SMILES string of the molecule is O=C(CCC(=O)N1CCC(c2ccccc2)=N1)Nc1cccc2cccnc12. The third-order valence-corrected chi connectivity index (χ3v) is 4.67. The number of carbonyl (C=O) groups excluding carboxylic acids is 2. The Morgan fingerprint density at radius 3 is 2.64 bits per heavy atom. The van der Waals surface area contributed by atoms with Crippen LogP contribution in [0, 0.1) is 0 Å². The molecular weight excluding hydrogens is 352 g/mol. The molecule has 0 saturated heterocycles. The fourth-order valence-corrected chi connectivity index (χ4v) is 3.24. The van der Waals surface area contributed by atoms with Crippen molar-refractivity contribution in [2.75, 3.05) is 11.9 Å². The van der Waals surface area contributed by atoms with Gasteiger partial charge in [-0.05, 0) is 17.7 Å². The van der Waals surface area contributed by atoms with Crippen molar-refractivity contribution in [1.29, 1.82) is 0 Å². The molecule has 28 heavy (non-hydrogen) atoms. The van der Waals surface area contributed by atoms with E-state index in [9.17, 15) is 9.59 Å². The van der Waals surface area contributed by atoms with E-state index in [1.165, 1.54) is 5.01 Å². The van der Waals surface area contributed by atoms with Crippen LogP contribution in [-0.2, 0) is 9.59 Å². The van der Waals surface area contributed by atoms with Crippen LogP contribution in [-0.4, -0.2) is 34.1 Å². The molecule has 4 rings (SSSR count). The van der Waals surface area contributed by atoms with E-state index in [0.717, 1.165) is 28.6 Å². The van der Waals surface area contributed by atoms with Crippen molar-refractivity contribution in [1.82, 2.24) is 9.99 Å². The molecule has 3 aromatic rings. The quantitative estimate of drug-likeness (QED) is 0.744. The second-order valence-corrected chi connectivity index (χ2v) is 6.61. The molecule has 0 aliphatic carbocycles. The molecule has 1 aromatic heterocycles. The molecule has 0 bridgehead atoms. The summed E-state index contributed by atoms with van der Waals surface area (Å²) in [6.07, 6.45) is 2.64. The number of hydrogen-bond acceptors (Lipinski definition) is 4. The molecular formula is C22H20N4O2. The molecule has 0 saturated carbocycles. The molecule has 1 aliphatic heterocycles. The number of pyridine rings is 1. The van der Waals surface area contributed by atoms with E-state index in [1.807, 2.05) is 60.7 Å². The zero-order valence-electron chi connectivity index (χ0n) is 15.3. The Bertz CT molecular complexity index is 1040. The van der Waals surface area contributed by atoms with Gasteiger partial charge in [0.15, 0.2) is 0 Å². The van der Waals surface area contributed by atoms with Crippen molar-refractivity contribution in [2.45, 2.75) is 19.3 Å². The molecule has 6 nitrogen and oxygen atoms in total. The van der Waals surface area contributed by atoms with Gasteiger partial charge in [-0.2, -0.15) is 5.10 Å². The van der Waals surface area contributed by atoms with Crippen molar-refractivity contribution in [3.63, 3.8) is 0 Å². The fourth-order valence-electron chi connectivity index (χ4n) is 3.24. The molecule has 6 heteroatoms. The first kappa shape index (κ1) is 17.9. The number of para-hydroxylation sites is 1. The van der Waals surface area contributed by atoms with Gasteiger partial charge in [-0.25, -0.2) is 5.01 Å². The summed E-state index contributed by atoms with van der Waals surface area (Å²) in [7, 11) is 0. The zero-order chi connectivity index (χ0) is 19.3. The molecule has 0 atom stereocenters. The number of aromatic nitrogens is 1. The Labute approximate surface area is 162 Å². The van der Waals surface area contributed by atoms with E-state index >= 15 is 0 Å². The summed E-state index contributed by atoms with van der Waals surface area (Å²) < 4.78 is 0. The Hall–Kier alpha value is -3.54. The lowest BCUT2D eigenvalue weighted by molar-refractivity contribution is -0.132. The summed E-state index contributed by atoms with van der Waals surface area (Å²) >= 11 is 0. The van der Waals surface area contributed by atoms with E-state index in [0.29, 0.717) is 12.2 Å². The predicted molar refractivity (Wildman–Crippen MR) is 109 cm³/mol. The summed E-state index contributed by atoms with van der Waals surface area (Å²) in [5.41, 5.74) is 3.32. The van der Waals surface area contributed by atoms with Crippen LogP contribution < -0.4 is 5.32 Å². The monoisotopic (exact) mass is 372 g/mol. The first-order valence-electron chi connectivity index (χ1n) is 9.27. The van der Waals surface area contributed by atoms with Gasteiger partial charge in [0.1, 0.15) is 0 Å². The van der Waals surface area contributed by atoms with Gasteiger partial charge in [0.05, 0.1) is 23.5 Å². The molecule has 2 heterocycles. The molecule has 0 radical (unpaired) electrons. The summed E-state index contributed by atoms with van der Waals surface area (Å²) in [4.78, 5) is 29.1. The number of carbonyl (C=O) groups is 2. The summed E-state index contributed by atoms with van der Waals surface area (Å²) in [5, 5.41) is 9.70. The molecule has 0 spiro atoms. The Balaban J connectivity index is 1.35. The van der Waals surface area contributed by atoms with Crippen LogP contribution in [0.2, 0.25) is 0 Å². The second kappa shape index (κ2) is 8.00. The zero-order valence-corrected chi connectivity index (χ0v) is 15.3. The minimum absolute atomic E-state index is 0.106. The Morgan fingerprint density at radius 2 is 1.79 bits per heavy atom. The number of hydrazone groups is 1. The number of amides is 2. The smallest absolute Gasteiger partial charge is 0.243 e. The van der Waals surface area contributed by atoms with Gasteiger partial charge < -0.3 is 5.32 Å². The lowest BCUT2D eigenvalue weighted by atomic mass is 10.1. The van der Waals surface area contributed by atoms with E-state index in [-0.39, 0.29) is 24.7 Å². The van der Waals surface area contributed by atoms with Crippen LogP contribution in [0.5, 0.6) is 0 Å². The first-order valence-corrected chi connectivity index (χ1v) is 9.27. The van der Waals surface area contributed by atoms with Crippen LogP contribution in [0.3, 0.4) is 0 Å². The van der Waals surface area contributed by atoms with E-state index in [1.54, 1.807) is 6.20 Å². The number of anilines is 1. The maximum Gasteiger partial charge on any atom is 0.243 e. The lowest BCUT2D eigenvalue weighted by Crippen LogP contribution is -2.25. The minimum atomic E-state index is -0.210. The normalized spacial score (nSPS) is 13.4. The first-order chi connectivity index (χ1) is 13.7. The Kier molecular flexibility index (Phi) is 5.10. The number of nitrogens with one attached hydrogen (secondary N) is 1.